The first-order valence-electron chi connectivity index (χ1n) is 12.2. The van der Waals surface area contributed by atoms with Crippen LogP contribution in [-0.4, -0.2) is 34.4 Å². The first kappa shape index (κ1) is 27.4. The maximum atomic E-state index is 13.0. The molecule has 0 aliphatic heterocycles. The first-order valence-corrected chi connectivity index (χ1v) is 13.6. The lowest BCUT2D eigenvalue weighted by Gasteiger charge is -2.20. The molecule has 0 heterocycles. The van der Waals surface area contributed by atoms with E-state index in [4.69, 9.17) is 4.74 Å². The van der Waals surface area contributed by atoms with Crippen LogP contribution in [0.2, 0.25) is 0 Å². The minimum absolute atomic E-state index is 0.115. The lowest BCUT2D eigenvalue weighted by molar-refractivity contribution is 0.0940. The zero-order chi connectivity index (χ0) is 28.0. The summed E-state index contributed by atoms with van der Waals surface area (Å²) in [6.07, 6.45) is 0. The molecule has 0 aromatic heterocycles. The van der Waals surface area contributed by atoms with Crippen molar-refractivity contribution in [2.75, 3.05) is 23.8 Å². The first-order chi connectivity index (χ1) is 18.7. The highest BCUT2D eigenvalue weighted by molar-refractivity contribution is 7.92. The van der Waals surface area contributed by atoms with Crippen molar-refractivity contribution in [2.45, 2.75) is 17.9 Å². The lowest BCUT2D eigenvalue weighted by atomic mass is 10.1. The van der Waals surface area contributed by atoms with Crippen molar-refractivity contribution in [3.05, 3.63) is 120 Å². The Kier molecular flexibility index (Phi) is 8.31. The summed E-state index contributed by atoms with van der Waals surface area (Å²) >= 11 is 0. The number of ether oxygens (including phenoxy) is 1. The molecule has 1 unspecified atom stereocenters. The second-order valence-electron chi connectivity index (χ2n) is 8.80. The van der Waals surface area contributed by atoms with Gasteiger partial charge >= 0.3 is 0 Å². The molecular formula is C30H29N3O5S. The minimum atomic E-state index is -3.81. The SMILES string of the molecule is COc1ccc(S(=O)(=O)N(C)c2ccc(C(=O)Nc3ccccc3C(=O)NC(C)c3ccccc3)cc2)cc1. The molecule has 0 aliphatic rings. The lowest BCUT2D eigenvalue weighted by Crippen LogP contribution is -2.28. The van der Waals surface area contributed by atoms with Gasteiger partial charge in [-0.1, -0.05) is 42.5 Å². The van der Waals surface area contributed by atoms with E-state index in [9.17, 15) is 18.0 Å². The average molecular weight is 544 g/mol. The summed E-state index contributed by atoms with van der Waals surface area (Å²) in [6, 6.07) is 28.4. The molecule has 200 valence electrons. The van der Waals surface area contributed by atoms with Crippen LogP contribution in [0, 0.1) is 0 Å². The van der Waals surface area contributed by atoms with Gasteiger partial charge in [-0.05, 0) is 73.2 Å². The molecule has 4 aromatic carbocycles. The highest BCUT2D eigenvalue weighted by Crippen LogP contribution is 2.25. The molecule has 4 aromatic rings. The molecule has 1 atom stereocenters. The fourth-order valence-corrected chi connectivity index (χ4v) is 5.15. The summed E-state index contributed by atoms with van der Waals surface area (Å²) in [5.41, 5.74) is 2.35. The van der Waals surface area contributed by atoms with E-state index < -0.39 is 15.9 Å². The molecule has 2 amide bonds. The van der Waals surface area contributed by atoms with Gasteiger partial charge in [0, 0.05) is 12.6 Å². The second kappa shape index (κ2) is 11.8. The Labute approximate surface area is 228 Å². The van der Waals surface area contributed by atoms with Gasteiger partial charge in [-0.3, -0.25) is 13.9 Å². The van der Waals surface area contributed by atoms with Crippen molar-refractivity contribution in [3.63, 3.8) is 0 Å². The van der Waals surface area contributed by atoms with Crippen LogP contribution in [0.5, 0.6) is 5.75 Å². The van der Waals surface area contributed by atoms with Crippen molar-refractivity contribution in [2.24, 2.45) is 0 Å². The topological polar surface area (TPSA) is 105 Å². The molecule has 0 spiro atoms. The number of nitrogens with zero attached hydrogens (tertiary/aromatic N) is 1. The van der Waals surface area contributed by atoms with E-state index in [-0.39, 0.29) is 16.8 Å². The van der Waals surface area contributed by atoms with Crippen LogP contribution < -0.4 is 19.7 Å². The highest BCUT2D eigenvalue weighted by atomic mass is 32.2. The van der Waals surface area contributed by atoms with Crippen LogP contribution in [0.3, 0.4) is 0 Å². The molecule has 2 N–H and O–H groups in total. The largest absolute Gasteiger partial charge is 0.497 e. The second-order valence-corrected chi connectivity index (χ2v) is 10.8. The molecule has 39 heavy (non-hydrogen) atoms. The molecule has 4 rings (SSSR count). The number of hydrogen-bond acceptors (Lipinski definition) is 5. The number of sulfonamides is 1. The van der Waals surface area contributed by atoms with Gasteiger partial charge in [-0.25, -0.2) is 8.42 Å². The summed E-state index contributed by atoms with van der Waals surface area (Å²) in [4.78, 5) is 26.1. The predicted molar refractivity (Wildman–Crippen MR) is 152 cm³/mol. The molecule has 0 saturated carbocycles. The van der Waals surface area contributed by atoms with E-state index in [1.54, 1.807) is 48.5 Å². The maximum absolute atomic E-state index is 13.0. The van der Waals surface area contributed by atoms with E-state index in [0.29, 0.717) is 28.3 Å². The van der Waals surface area contributed by atoms with Gasteiger partial charge in [0.15, 0.2) is 0 Å². The number of carbonyl (C=O) groups excluding carboxylic acids is 2. The number of methoxy groups -OCH3 is 1. The molecule has 9 heteroatoms. The number of para-hydroxylation sites is 1. The predicted octanol–water partition coefficient (Wildman–Crippen LogP) is 5.26. The smallest absolute Gasteiger partial charge is 0.264 e. The van der Waals surface area contributed by atoms with Crippen LogP contribution in [-0.2, 0) is 10.0 Å². The fraction of sp³-hybridized carbons (Fsp3) is 0.133. The molecule has 0 aliphatic carbocycles. The summed E-state index contributed by atoms with van der Waals surface area (Å²) < 4.78 is 32.3. The Morgan fingerprint density at radius 2 is 1.41 bits per heavy atom. The normalized spacial score (nSPS) is 11.8. The number of amides is 2. The van der Waals surface area contributed by atoms with E-state index in [1.807, 2.05) is 37.3 Å². The van der Waals surface area contributed by atoms with Crippen LogP contribution in [0.1, 0.15) is 39.2 Å². The van der Waals surface area contributed by atoms with Crippen molar-refractivity contribution in [3.8, 4) is 5.75 Å². The molecule has 8 nitrogen and oxygen atoms in total. The Balaban J connectivity index is 1.46. The molecule has 0 fully saturated rings. The zero-order valence-electron chi connectivity index (χ0n) is 21.8. The van der Waals surface area contributed by atoms with E-state index >= 15 is 0 Å². The minimum Gasteiger partial charge on any atom is -0.497 e. The summed E-state index contributed by atoms with van der Waals surface area (Å²) in [7, 11) is -0.860. The molecule has 0 saturated heterocycles. The van der Waals surface area contributed by atoms with Crippen LogP contribution in [0.25, 0.3) is 0 Å². The van der Waals surface area contributed by atoms with E-state index in [2.05, 4.69) is 10.6 Å². The van der Waals surface area contributed by atoms with Crippen molar-refractivity contribution >= 4 is 33.2 Å². The number of carbonyl (C=O) groups is 2. The standard InChI is InChI=1S/C30H29N3O5S/c1-21(22-9-5-4-6-10-22)31-30(35)27-11-7-8-12-28(27)32-29(34)23-13-15-24(16-14-23)33(2)39(36,37)26-19-17-25(38-3)18-20-26/h4-21H,1-3H3,(H,31,35)(H,32,34). The Morgan fingerprint density at radius 1 is 0.795 bits per heavy atom. The summed E-state index contributed by atoms with van der Waals surface area (Å²) in [5, 5.41) is 5.75. The van der Waals surface area contributed by atoms with Gasteiger partial charge in [0.2, 0.25) is 0 Å². The maximum Gasteiger partial charge on any atom is 0.264 e. The molecular weight excluding hydrogens is 514 g/mol. The van der Waals surface area contributed by atoms with Crippen molar-refractivity contribution in [1.29, 1.82) is 0 Å². The summed E-state index contributed by atoms with van der Waals surface area (Å²) in [6.45, 7) is 1.89. The quantitative estimate of drug-likeness (QED) is 0.300. The van der Waals surface area contributed by atoms with Crippen molar-refractivity contribution in [1.82, 2.24) is 5.32 Å². The Morgan fingerprint density at radius 3 is 2.05 bits per heavy atom. The number of anilines is 2. The number of nitrogens with one attached hydrogen (secondary N) is 2. The fourth-order valence-electron chi connectivity index (χ4n) is 3.95. The van der Waals surface area contributed by atoms with Gasteiger partial charge in [0.25, 0.3) is 21.8 Å². The highest BCUT2D eigenvalue weighted by Gasteiger charge is 2.22. The zero-order valence-corrected chi connectivity index (χ0v) is 22.6. The van der Waals surface area contributed by atoms with E-state index in [1.165, 1.54) is 38.4 Å². The van der Waals surface area contributed by atoms with Crippen LogP contribution in [0.4, 0.5) is 11.4 Å². The summed E-state index contributed by atoms with van der Waals surface area (Å²) in [5.74, 6) is -0.196. The van der Waals surface area contributed by atoms with Gasteiger partial charge in [-0.15, -0.1) is 0 Å². The van der Waals surface area contributed by atoms with Crippen LogP contribution >= 0.6 is 0 Å². The van der Waals surface area contributed by atoms with Gasteiger partial charge in [0.1, 0.15) is 5.75 Å². The number of rotatable bonds is 9. The molecule has 0 radical (unpaired) electrons. The third-order valence-corrected chi connectivity index (χ3v) is 8.08. The monoisotopic (exact) mass is 543 g/mol. The Bertz CT molecular complexity index is 1550. The van der Waals surface area contributed by atoms with Gasteiger partial charge in [-0.2, -0.15) is 0 Å². The number of hydrogen-bond donors (Lipinski definition) is 2. The Hall–Kier alpha value is -4.63. The van der Waals surface area contributed by atoms with Gasteiger partial charge in [0.05, 0.1) is 35.0 Å². The third-order valence-electron chi connectivity index (χ3n) is 6.28. The molecule has 0 bridgehead atoms. The van der Waals surface area contributed by atoms with E-state index in [0.717, 1.165) is 9.87 Å². The third kappa shape index (κ3) is 6.27. The average Bonchev–Trinajstić information content (AvgIpc) is 2.97. The van der Waals surface area contributed by atoms with Crippen molar-refractivity contribution < 1.29 is 22.7 Å². The van der Waals surface area contributed by atoms with Gasteiger partial charge < -0.3 is 15.4 Å². The number of benzene rings is 4. The van der Waals surface area contributed by atoms with Crippen LogP contribution in [0.15, 0.2) is 108 Å².